The van der Waals surface area contributed by atoms with Crippen molar-refractivity contribution in [2.75, 3.05) is 12.5 Å². The topological polar surface area (TPSA) is 215 Å². The van der Waals surface area contributed by atoms with Crippen LogP contribution in [0.15, 0.2) is 53.2 Å². The molecule has 1 saturated carbocycles. The molecule has 10 atom stereocenters. The first kappa shape index (κ1) is 33.1. The molecule has 0 unspecified atom stereocenters. The second-order valence-electron chi connectivity index (χ2n) is 11.1. The second kappa shape index (κ2) is 14.0. The molecule has 2 saturated heterocycles. The molecule has 244 valence electrons. The summed E-state index contributed by atoms with van der Waals surface area (Å²) in [5.41, 5.74) is 8.08. The smallest absolute Gasteiger partial charge is 0.247 e. The number of halogens is 1. The number of aliphatic hydroxyl groups is 5. The number of hydrogen-bond donors (Lipinski definition) is 7. The van der Waals surface area contributed by atoms with Gasteiger partial charge in [0.15, 0.2) is 0 Å². The third-order valence-corrected chi connectivity index (χ3v) is 8.31. The summed E-state index contributed by atoms with van der Waals surface area (Å²) in [6.07, 6.45) is -9.47. The summed E-state index contributed by atoms with van der Waals surface area (Å²) in [4.78, 5) is 18.2. The molecule has 0 aromatic heterocycles. The van der Waals surface area contributed by atoms with Crippen molar-refractivity contribution in [1.29, 1.82) is 0 Å². The second-order valence-corrected chi connectivity index (χ2v) is 11.5. The maximum Gasteiger partial charge on any atom is 0.247 e. The van der Waals surface area contributed by atoms with Gasteiger partial charge in [-0.1, -0.05) is 41.0 Å². The van der Waals surface area contributed by atoms with Crippen molar-refractivity contribution in [3.63, 3.8) is 0 Å². The highest BCUT2D eigenvalue weighted by Crippen LogP contribution is 2.32. The summed E-state index contributed by atoms with van der Waals surface area (Å²) < 4.78 is 22.0. The molecule has 45 heavy (non-hydrogen) atoms. The summed E-state index contributed by atoms with van der Waals surface area (Å²) in [6.45, 7) is 3.06. The number of rotatable bonds is 9. The van der Waals surface area contributed by atoms with E-state index in [1.807, 2.05) is 6.07 Å². The highest BCUT2D eigenvalue weighted by Gasteiger charge is 2.53. The number of nitrogens with two attached hydrogens (primary N) is 1. The van der Waals surface area contributed by atoms with Crippen molar-refractivity contribution >= 4 is 35.0 Å². The van der Waals surface area contributed by atoms with E-state index < -0.39 is 67.1 Å². The van der Waals surface area contributed by atoms with E-state index in [1.54, 1.807) is 31.2 Å². The van der Waals surface area contributed by atoms with Crippen molar-refractivity contribution in [1.82, 2.24) is 5.32 Å². The maximum absolute atomic E-state index is 12.9. The molecule has 2 aliphatic heterocycles. The van der Waals surface area contributed by atoms with Crippen LogP contribution in [0.4, 0.5) is 5.69 Å². The molecule has 0 spiro atoms. The molecule has 3 fully saturated rings. The van der Waals surface area contributed by atoms with Gasteiger partial charge in [0.25, 0.3) is 0 Å². The normalized spacial score (nSPS) is 33.5. The minimum Gasteiger partial charge on any atom is -0.460 e. The number of ether oxygens (including phenoxy) is 4. The van der Waals surface area contributed by atoms with Gasteiger partial charge in [-0.15, -0.1) is 0 Å². The van der Waals surface area contributed by atoms with Crippen LogP contribution in [0.5, 0.6) is 5.75 Å². The predicted molar refractivity (Wildman–Crippen MR) is 160 cm³/mol. The van der Waals surface area contributed by atoms with Crippen molar-refractivity contribution in [3.05, 3.63) is 64.2 Å². The number of oxime groups is 1. The molecule has 0 bridgehead atoms. The lowest BCUT2D eigenvalue weighted by molar-refractivity contribution is -0.155. The number of nitrogens with one attached hydrogen (secondary N) is 1. The van der Waals surface area contributed by atoms with Gasteiger partial charge in [-0.05, 0) is 43.7 Å². The molecule has 2 aromatic rings. The average molecular weight is 650 g/mol. The first-order valence-corrected chi connectivity index (χ1v) is 14.6. The lowest BCUT2D eigenvalue weighted by atomic mass is 9.83. The molecule has 15 heteroatoms. The average Bonchev–Trinajstić information content (AvgIpc) is 3.62. The van der Waals surface area contributed by atoms with Crippen molar-refractivity contribution in [2.24, 2.45) is 5.16 Å². The Balaban J connectivity index is 1.18. The standard InChI is InChI=1S/C30H36ClN3O11/c1-13(29(40)33-20-21(35)23(37)28-27(22(20)36)41-12-42-28)9-15-7-8-19(18(32)10-15)44-30-25(39)24(38)26(45-30)14(2)34-43-11-16-5-3-4-6-17(16)31/h3-10,20-28,30,35-39H,11-12,32H2,1-2H3,(H,33,40)/t20-,21+,22-,23-,24+,25-,26-,27+,28-,30-/m1/s1. The summed E-state index contributed by atoms with van der Waals surface area (Å²) in [5, 5.41) is 59.6. The van der Waals surface area contributed by atoms with Gasteiger partial charge in [0.1, 0.15) is 68.0 Å². The Hall–Kier alpha value is -3.31. The summed E-state index contributed by atoms with van der Waals surface area (Å²) in [6, 6.07) is 10.6. The monoisotopic (exact) mass is 649 g/mol. The van der Waals surface area contributed by atoms with Crippen LogP contribution >= 0.6 is 11.6 Å². The SMILES string of the molecule is CC(=Cc1ccc(O[C@@H]2O[C@H](C(C)=NOCc3ccccc3Cl)[C@@H](O)[C@H]2O)c(N)c1)C(=O)N[C@@H]1[C@H](O)[C@@H](O)[C@H]2OCO[C@H]2[C@@H]1O. The number of carbonyl (C=O) groups excluding carboxylic acids is 1. The lowest BCUT2D eigenvalue weighted by Crippen LogP contribution is -2.67. The van der Waals surface area contributed by atoms with Crippen molar-refractivity contribution in [2.45, 2.75) is 81.6 Å². The largest absolute Gasteiger partial charge is 0.460 e. The summed E-state index contributed by atoms with van der Waals surface area (Å²) in [5.74, 6) is -0.441. The molecule has 0 radical (unpaired) electrons. The fourth-order valence-electron chi connectivity index (χ4n) is 5.39. The van der Waals surface area contributed by atoms with E-state index in [4.69, 9.17) is 41.1 Å². The van der Waals surface area contributed by atoms with E-state index >= 15 is 0 Å². The van der Waals surface area contributed by atoms with Gasteiger partial charge in [-0.25, -0.2) is 0 Å². The number of anilines is 1. The quantitative estimate of drug-likeness (QED) is 0.0831. The summed E-state index contributed by atoms with van der Waals surface area (Å²) >= 11 is 6.13. The van der Waals surface area contributed by atoms with Gasteiger partial charge in [0.2, 0.25) is 12.2 Å². The van der Waals surface area contributed by atoms with Crippen LogP contribution in [-0.4, -0.2) is 105 Å². The Morgan fingerprint density at radius 1 is 1.02 bits per heavy atom. The number of nitrogens with zero attached hydrogens (tertiary/aromatic N) is 1. The Kier molecular flexibility index (Phi) is 10.3. The third-order valence-electron chi connectivity index (χ3n) is 7.94. The van der Waals surface area contributed by atoms with Crippen LogP contribution in [0.2, 0.25) is 5.02 Å². The number of amides is 1. The molecule has 2 heterocycles. The number of carbonyl (C=O) groups is 1. The Morgan fingerprint density at radius 3 is 2.44 bits per heavy atom. The van der Waals surface area contributed by atoms with Gasteiger partial charge in [0, 0.05) is 16.2 Å². The molecule has 1 amide bonds. The molecule has 2 aromatic carbocycles. The molecule has 5 rings (SSSR count). The van der Waals surface area contributed by atoms with Crippen LogP contribution in [0.1, 0.15) is 25.0 Å². The number of hydrogen-bond acceptors (Lipinski definition) is 13. The van der Waals surface area contributed by atoms with Crippen LogP contribution < -0.4 is 15.8 Å². The fourth-order valence-corrected chi connectivity index (χ4v) is 5.58. The van der Waals surface area contributed by atoms with Crippen LogP contribution in [0.25, 0.3) is 6.08 Å². The van der Waals surface area contributed by atoms with E-state index in [2.05, 4.69) is 10.5 Å². The number of nitrogen functional groups attached to an aromatic ring is 1. The predicted octanol–water partition coefficient (Wildman–Crippen LogP) is 0.0663. The number of fused-ring (bicyclic) bond motifs is 1. The van der Waals surface area contributed by atoms with Gasteiger partial charge in [-0.2, -0.15) is 0 Å². The van der Waals surface area contributed by atoms with E-state index in [0.29, 0.717) is 10.6 Å². The highest BCUT2D eigenvalue weighted by atomic mass is 35.5. The molecule has 3 aliphatic rings. The van der Waals surface area contributed by atoms with E-state index in [9.17, 15) is 30.3 Å². The van der Waals surface area contributed by atoms with Crippen LogP contribution in [0.3, 0.4) is 0 Å². The highest BCUT2D eigenvalue weighted by molar-refractivity contribution is 6.31. The van der Waals surface area contributed by atoms with E-state index in [0.717, 1.165) is 5.56 Å². The zero-order valence-corrected chi connectivity index (χ0v) is 25.2. The Morgan fingerprint density at radius 2 is 1.73 bits per heavy atom. The zero-order chi connectivity index (χ0) is 32.4. The van der Waals surface area contributed by atoms with Crippen molar-refractivity contribution in [3.8, 4) is 5.75 Å². The first-order valence-electron chi connectivity index (χ1n) is 14.2. The Labute approximate surface area is 263 Å². The Bertz CT molecular complexity index is 1440. The van der Waals surface area contributed by atoms with Gasteiger partial charge in [-0.3, -0.25) is 4.79 Å². The maximum atomic E-state index is 12.9. The van der Waals surface area contributed by atoms with Gasteiger partial charge < -0.3 is 60.4 Å². The van der Waals surface area contributed by atoms with Crippen LogP contribution in [-0.2, 0) is 30.4 Å². The molecule has 1 aliphatic carbocycles. The van der Waals surface area contributed by atoms with E-state index in [1.165, 1.54) is 25.1 Å². The van der Waals surface area contributed by atoms with Crippen molar-refractivity contribution < 1.29 is 54.1 Å². The van der Waals surface area contributed by atoms with E-state index in [-0.39, 0.29) is 36.1 Å². The molecular formula is C30H36ClN3O11. The first-order chi connectivity index (χ1) is 21.5. The number of benzene rings is 2. The molecular weight excluding hydrogens is 614 g/mol. The van der Waals surface area contributed by atoms with Gasteiger partial charge >= 0.3 is 0 Å². The summed E-state index contributed by atoms with van der Waals surface area (Å²) in [7, 11) is 0. The number of aliphatic hydroxyl groups excluding tert-OH is 5. The third kappa shape index (κ3) is 7.09. The minimum atomic E-state index is -1.48. The van der Waals surface area contributed by atoms with Crippen LogP contribution in [0, 0.1) is 0 Å². The minimum absolute atomic E-state index is 0.0969. The molecule has 8 N–H and O–H groups in total. The van der Waals surface area contributed by atoms with Gasteiger partial charge in [0.05, 0.1) is 17.4 Å². The fraction of sp³-hybridized carbons (Fsp3) is 0.467. The lowest BCUT2D eigenvalue weighted by Gasteiger charge is -2.41. The molecule has 14 nitrogen and oxygen atoms in total. The zero-order valence-electron chi connectivity index (χ0n) is 24.4.